The van der Waals surface area contributed by atoms with E-state index < -0.39 is 35.5 Å². The molecule has 0 aliphatic carbocycles. The molecule has 2 aromatic rings. The van der Waals surface area contributed by atoms with E-state index in [1.807, 2.05) is 0 Å². The number of imide groups is 1. The molecule has 0 spiro atoms. The molecule has 10 nitrogen and oxygen atoms in total. The van der Waals surface area contributed by atoms with Gasteiger partial charge in [0.05, 0.1) is 18.4 Å². The summed E-state index contributed by atoms with van der Waals surface area (Å²) in [5.74, 6) is -1.86. The van der Waals surface area contributed by atoms with Gasteiger partial charge in [0.1, 0.15) is 11.6 Å². The van der Waals surface area contributed by atoms with Crippen molar-refractivity contribution in [3.63, 3.8) is 0 Å². The van der Waals surface area contributed by atoms with Gasteiger partial charge in [-0.2, -0.15) is 0 Å². The summed E-state index contributed by atoms with van der Waals surface area (Å²) in [4.78, 5) is 66.0. The summed E-state index contributed by atoms with van der Waals surface area (Å²) in [5.41, 5.74) is 1.83. The number of amides is 4. The molecule has 2 aliphatic rings. The zero-order valence-corrected chi connectivity index (χ0v) is 21.4. The fourth-order valence-electron chi connectivity index (χ4n) is 4.55. The first kappa shape index (κ1) is 25.9. The van der Waals surface area contributed by atoms with Crippen LogP contribution in [0.2, 0.25) is 0 Å². The van der Waals surface area contributed by atoms with Crippen molar-refractivity contribution in [1.29, 1.82) is 0 Å². The highest BCUT2D eigenvalue weighted by Crippen LogP contribution is 2.39. The molecule has 2 aromatic carbocycles. The van der Waals surface area contributed by atoms with Crippen LogP contribution >= 0.6 is 0 Å². The first-order chi connectivity index (χ1) is 17.4. The van der Waals surface area contributed by atoms with Crippen molar-refractivity contribution in [2.24, 2.45) is 0 Å². The highest BCUT2D eigenvalue weighted by molar-refractivity contribution is 6.08. The normalized spacial score (nSPS) is 17.3. The Morgan fingerprint density at radius 3 is 2.43 bits per heavy atom. The van der Waals surface area contributed by atoms with Gasteiger partial charge in [-0.25, -0.2) is 9.59 Å². The number of carbonyl (C=O) groups excluding carboxylic acids is 5. The second-order valence-electron chi connectivity index (χ2n) is 10.00. The highest BCUT2D eigenvalue weighted by atomic mass is 16.6. The minimum Gasteiger partial charge on any atom is -0.465 e. The van der Waals surface area contributed by atoms with Crippen molar-refractivity contribution < 1.29 is 33.4 Å². The molecule has 10 heteroatoms. The van der Waals surface area contributed by atoms with Gasteiger partial charge in [0.25, 0.3) is 5.91 Å². The monoisotopic (exact) mass is 507 g/mol. The smallest absolute Gasteiger partial charge is 0.414 e. The van der Waals surface area contributed by atoms with E-state index in [-0.39, 0.29) is 25.3 Å². The van der Waals surface area contributed by atoms with Crippen LogP contribution in [0.1, 0.15) is 59.9 Å². The molecule has 1 unspecified atom stereocenters. The maximum absolute atomic E-state index is 13.6. The van der Waals surface area contributed by atoms with Crippen molar-refractivity contribution in [3.05, 3.63) is 53.1 Å². The van der Waals surface area contributed by atoms with Crippen LogP contribution in [-0.2, 0) is 25.6 Å². The molecule has 1 fully saturated rings. The van der Waals surface area contributed by atoms with Crippen LogP contribution in [0.4, 0.5) is 10.5 Å². The minimum atomic E-state index is -0.817. The van der Waals surface area contributed by atoms with E-state index in [0.717, 1.165) is 0 Å². The summed E-state index contributed by atoms with van der Waals surface area (Å²) < 4.78 is 10.5. The maximum Gasteiger partial charge on any atom is 0.414 e. The lowest BCUT2D eigenvalue weighted by atomic mass is 9.95. The average Bonchev–Trinajstić information content (AvgIpc) is 3.17. The van der Waals surface area contributed by atoms with Crippen LogP contribution in [0.25, 0.3) is 11.1 Å². The van der Waals surface area contributed by atoms with Crippen LogP contribution < -0.4 is 10.2 Å². The maximum atomic E-state index is 13.6. The molecule has 0 saturated carbocycles. The van der Waals surface area contributed by atoms with E-state index in [2.05, 4.69) is 5.32 Å². The largest absolute Gasteiger partial charge is 0.465 e. The Morgan fingerprint density at radius 1 is 1.08 bits per heavy atom. The number of esters is 1. The molecule has 4 rings (SSSR count). The molecular weight excluding hydrogens is 478 g/mol. The summed E-state index contributed by atoms with van der Waals surface area (Å²) in [5, 5.41) is 2.29. The third-order valence-corrected chi connectivity index (χ3v) is 6.30. The summed E-state index contributed by atoms with van der Waals surface area (Å²) in [6.07, 6.45) is -0.293. The first-order valence-electron chi connectivity index (χ1n) is 11.9. The fourth-order valence-corrected chi connectivity index (χ4v) is 4.55. The SMILES string of the molecule is COC(=O)c1ccccc1-c1cc2c(c(N(C)C(=O)OC(C)(C)C)c1)CN(C1CCC(=O)NC1=O)C2=O. The number of ether oxygens (including phenoxy) is 2. The Kier molecular flexibility index (Phi) is 6.77. The summed E-state index contributed by atoms with van der Waals surface area (Å²) >= 11 is 0. The summed E-state index contributed by atoms with van der Waals surface area (Å²) in [6, 6.07) is 9.34. The molecule has 0 radical (unpaired) electrons. The Balaban J connectivity index is 1.84. The molecule has 1 N–H and O–H groups in total. The fraction of sp³-hybridized carbons (Fsp3) is 0.370. The van der Waals surface area contributed by atoms with E-state index in [9.17, 15) is 24.0 Å². The second-order valence-corrected chi connectivity index (χ2v) is 10.00. The van der Waals surface area contributed by atoms with Crippen LogP contribution in [0.3, 0.4) is 0 Å². The van der Waals surface area contributed by atoms with E-state index in [1.165, 1.54) is 16.9 Å². The molecular formula is C27H29N3O7. The molecule has 194 valence electrons. The predicted octanol–water partition coefficient (Wildman–Crippen LogP) is 3.27. The van der Waals surface area contributed by atoms with Crippen LogP contribution in [-0.4, -0.2) is 60.5 Å². The molecule has 1 atom stereocenters. The van der Waals surface area contributed by atoms with Gasteiger partial charge in [-0.1, -0.05) is 18.2 Å². The van der Waals surface area contributed by atoms with Crippen molar-refractivity contribution in [3.8, 4) is 11.1 Å². The Morgan fingerprint density at radius 2 is 1.78 bits per heavy atom. The number of fused-ring (bicyclic) bond motifs is 1. The number of hydrogen-bond donors (Lipinski definition) is 1. The molecule has 1 saturated heterocycles. The van der Waals surface area contributed by atoms with Gasteiger partial charge in [0.2, 0.25) is 11.8 Å². The number of anilines is 1. The quantitative estimate of drug-likeness (QED) is 0.498. The van der Waals surface area contributed by atoms with Gasteiger partial charge in [0.15, 0.2) is 0 Å². The van der Waals surface area contributed by atoms with E-state index in [4.69, 9.17) is 9.47 Å². The van der Waals surface area contributed by atoms with Gasteiger partial charge in [-0.3, -0.25) is 24.6 Å². The zero-order chi connectivity index (χ0) is 27.1. The summed E-state index contributed by atoms with van der Waals surface area (Å²) in [6.45, 7) is 5.32. The molecule has 0 aromatic heterocycles. The number of carbonyl (C=O) groups is 5. The summed E-state index contributed by atoms with van der Waals surface area (Å²) in [7, 11) is 2.82. The number of hydrogen-bond acceptors (Lipinski definition) is 7. The standard InChI is InChI=1S/C27H29N3O7/c1-27(2,3)37-26(35)29(4)21-13-15(16-8-6-7-9-17(16)25(34)36-5)12-18-19(21)14-30(24(18)33)20-10-11-22(31)28-23(20)32/h6-9,12-13,20H,10-11,14H2,1-5H3,(H,28,31,32). The molecule has 37 heavy (non-hydrogen) atoms. The molecule has 2 aliphatic heterocycles. The Hall–Kier alpha value is -4.21. The topological polar surface area (TPSA) is 122 Å². The third kappa shape index (κ3) is 5.04. The molecule has 2 heterocycles. The van der Waals surface area contributed by atoms with Gasteiger partial charge >= 0.3 is 12.1 Å². The lowest BCUT2D eigenvalue weighted by molar-refractivity contribution is -0.136. The highest BCUT2D eigenvalue weighted by Gasteiger charge is 2.41. The lowest BCUT2D eigenvalue weighted by Crippen LogP contribution is -2.52. The molecule has 0 bridgehead atoms. The second kappa shape index (κ2) is 9.68. The zero-order valence-electron chi connectivity index (χ0n) is 21.4. The lowest BCUT2D eigenvalue weighted by Gasteiger charge is -2.29. The minimum absolute atomic E-state index is 0.0713. The van der Waals surface area contributed by atoms with E-state index >= 15 is 0 Å². The van der Waals surface area contributed by atoms with Crippen molar-refractivity contribution in [2.75, 3.05) is 19.1 Å². The van der Waals surface area contributed by atoms with Crippen LogP contribution in [0.15, 0.2) is 36.4 Å². The van der Waals surface area contributed by atoms with Crippen molar-refractivity contribution in [1.82, 2.24) is 10.2 Å². The number of rotatable bonds is 4. The third-order valence-electron chi connectivity index (χ3n) is 6.30. The first-order valence-corrected chi connectivity index (χ1v) is 11.9. The van der Waals surface area contributed by atoms with Crippen molar-refractivity contribution >= 4 is 35.5 Å². The Labute approximate surface area is 214 Å². The predicted molar refractivity (Wildman–Crippen MR) is 134 cm³/mol. The molecule has 4 amide bonds. The van der Waals surface area contributed by atoms with E-state index in [0.29, 0.717) is 33.5 Å². The number of nitrogens with one attached hydrogen (secondary N) is 1. The van der Waals surface area contributed by atoms with Gasteiger partial charge in [-0.05, 0) is 56.5 Å². The number of piperidine rings is 1. The van der Waals surface area contributed by atoms with Crippen molar-refractivity contribution in [2.45, 2.75) is 51.8 Å². The number of benzene rings is 2. The number of nitrogens with zero attached hydrogens (tertiary/aromatic N) is 2. The number of methoxy groups -OCH3 is 1. The van der Waals surface area contributed by atoms with Gasteiger partial charge in [0, 0.05) is 31.1 Å². The average molecular weight is 508 g/mol. The van der Waals surface area contributed by atoms with Crippen LogP contribution in [0.5, 0.6) is 0 Å². The van der Waals surface area contributed by atoms with E-state index in [1.54, 1.807) is 64.2 Å². The van der Waals surface area contributed by atoms with Gasteiger partial charge < -0.3 is 14.4 Å². The Bertz CT molecular complexity index is 1310. The van der Waals surface area contributed by atoms with Gasteiger partial charge in [-0.15, -0.1) is 0 Å². The van der Waals surface area contributed by atoms with Crippen LogP contribution in [0, 0.1) is 0 Å².